The maximum Gasteiger partial charge on any atom is 0.306 e. The Bertz CT molecular complexity index is 603. The second-order valence-electron chi connectivity index (χ2n) is 4.57. The summed E-state index contributed by atoms with van der Waals surface area (Å²) in [5, 5.41) is 8.76. The minimum atomic E-state index is -3.70. The lowest BCUT2D eigenvalue weighted by Gasteiger charge is -2.11. The molecule has 0 fully saturated rings. The number of aliphatic carboxylic acids is 1. The zero-order chi connectivity index (χ0) is 16.0. The molecule has 0 radical (unpaired) electrons. The molecular formula is C13H18BrNO5S. The summed E-state index contributed by atoms with van der Waals surface area (Å²) in [6.07, 6.45) is 0.858. The van der Waals surface area contributed by atoms with Crippen LogP contribution in [0.2, 0.25) is 0 Å². The van der Waals surface area contributed by atoms with Crippen LogP contribution in [0, 0.1) is 5.92 Å². The molecule has 8 heteroatoms. The summed E-state index contributed by atoms with van der Waals surface area (Å²) in [4.78, 5) is 10.7. The molecule has 1 rings (SSSR count). The lowest BCUT2D eigenvalue weighted by Crippen LogP contribution is -2.26. The first-order chi connectivity index (χ1) is 9.77. The van der Waals surface area contributed by atoms with Crippen LogP contribution < -0.4 is 9.46 Å². The standard InChI is InChI=1S/C13H18BrNO5S/c1-9(13(16)17)4-3-7-15-21(18,19)12-8-10(14)5-6-11(12)20-2/h5-6,8-9,15H,3-4,7H2,1-2H3,(H,16,17). The molecule has 1 atom stereocenters. The van der Waals surface area contributed by atoms with Crippen LogP contribution in [0.3, 0.4) is 0 Å². The van der Waals surface area contributed by atoms with Crippen LogP contribution in [0.4, 0.5) is 0 Å². The number of sulfonamides is 1. The Morgan fingerprint density at radius 1 is 1.48 bits per heavy atom. The SMILES string of the molecule is COc1ccc(Br)cc1S(=O)(=O)NCCCC(C)C(=O)O. The molecule has 2 N–H and O–H groups in total. The Morgan fingerprint density at radius 2 is 2.14 bits per heavy atom. The minimum absolute atomic E-state index is 0.0469. The zero-order valence-corrected chi connectivity index (χ0v) is 14.2. The summed E-state index contributed by atoms with van der Waals surface area (Å²) in [5.74, 6) is -1.12. The van der Waals surface area contributed by atoms with Crippen LogP contribution in [-0.2, 0) is 14.8 Å². The van der Waals surface area contributed by atoms with Gasteiger partial charge in [0.15, 0.2) is 0 Å². The number of rotatable bonds is 8. The monoisotopic (exact) mass is 379 g/mol. The van der Waals surface area contributed by atoms with E-state index in [1.54, 1.807) is 19.1 Å². The van der Waals surface area contributed by atoms with Crippen molar-refractivity contribution in [2.75, 3.05) is 13.7 Å². The van der Waals surface area contributed by atoms with Crippen LogP contribution >= 0.6 is 15.9 Å². The van der Waals surface area contributed by atoms with Crippen molar-refractivity contribution in [3.8, 4) is 5.75 Å². The fraction of sp³-hybridized carbons (Fsp3) is 0.462. The largest absolute Gasteiger partial charge is 0.495 e. The van der Waals surface area contributed by atoms with E-state index in [0.29, 0.717) is 17.3 Å². The van der Waals surface area contributed by atoms with E-state index in [4.69, 9.17) is 9.84 Å². The first-order valence-corrected chi connectivity index (χ1v) is 8.61. The Hall–Kier alpha value is -1.12. The number of carboxylic acids is 1. The Labute approximate surface area is 132 Å². The van der Waals surface area contributed by atoms with Gasteiger partial charge in [-0.3, -0.25) is 4.79 Å². The lowest BCUT2D eigenvalue weighted by molar-refractivity contribution is -0.141. The second kappa shape index (κ2) is 7.77. The average molecular weight is 380 g/mol. The van der Waals surface area contributed by atoms with Gasteiger partial charge >= 0.3 is 5.97 Å². The number of carboxylic acid groups (broad SMARTS) is 1. The molecule has 0 heterocycles. The fourth-order valence-electron chi connectivity index (χ4n) is 1.68. The van der Waals surface area contributed by atoms with Crippen LogP contribution in [0.15, 0.2) is 27.6 Å². The molecule has 1 aromatic carbocycles. The van der Waals surface area contributed by atoms with Gasteiger partial charge in [0.1, 0.15) is 10.6 Å². The molecule has 0 spiro atoms. The molecule has 0 aliphatic carbocycles. The summed E-state index contributed by atoms with van der Waals surface area (Å²) >= 11 is 3.22. The molecule has 118 valence electrons. The molecule has 0 aliphatic rings. The highest BCUT2D eigenvalue weighted by molar-refractivity contribution is 9.10. The molecule has 1 unspecified atom stereocenters. The number of hydrogen-bond acceptors (Lipinski definition) is 4. The van der Waals surface area contributed by atoms with Crippen molar-refractivity contribution in [2.45, 2.75) is 24.7 Å². The van der Waals surface area contributed by atoms with Gasteiger partial charge in [-0.05, 0) is 31.0 Å². The molecule has 0 aliphatic heterocycles. The predicted octanol–water partition coefficient (Wildman–Crippen LogP) is 2.24. The van der Waals surface area contributed by atoms with Crippen LogP contribution in [0.5, 0.6) is 5.75 Å². The fourth-order valence-corrected chi connectivity index (χ4v) is 3.46. The summed E-state index contributed by atoms with van der Waals surface area (Å²) in [6, 6.07) is 4.71. The van der Waals surface area contributed by atoms with Crippen molar-refractivity contribution >= 4 is 31.9 Å². The van der Waals surface area contributed by atoms with Gasteiger partial charge < -0.3 is 9.84 Å². The molecule has 0 bridgehead atoms. The average Bonchev–Trinajstić information content (AvgIpc) is 2.43. The van der Waals surface area contributed by atoms with E-state index < -0.39 is 21.9 Å². The molecule has 0 saturated carbocycles. The minimum Gasteiger partial charge on any atom is -0.495 e. The summed E-state index contributed by atoms with van der Waals surface area (Å²) < 4.78 is 32.6. The van der Waals surface area contributed by atoms with Crippen LogP contribution in [-0.4, -0.2) is 33.1 Å². The number of methoxy groups -OCH3 is 1. The number of nitrogens with one attached hydrogen (secondary N) is 1. The van der Waals surface area contributed by atoms with E-state index in [1.807, 2.05) is 0 Å². The Balaban J connectivity index is 2.70. The van der Waals surface area contributed by atoms with E-state index >= 15 is 0 Å². The summed E-state index contributed by atoms with van der Waals surface area (Å²) in [6.45, 7) is 1.77. The topological polar surface area (TPSA) is 92.7 Å². The molecular weight excluding hydrogens is 362 g/mol. The van der Waals surface area contributed by atoms with Crippen molar-refractivity contribution in [1.29, 1.82) is 0 Å². The van der Waals surface area contributed by atoms with E-state index in [0.717, 1.165) is 0 Å². The van der Waals surface area contributed by atoms with Gasteiger partial charge in [-0.15, -0.1) is 0 Å². The van der Waals surface area contributed by atoms with Crippen LogP contribution in [0.1, 0.15) is 19.8 Å². The Kier molecular flexibility index (Phi) is 6.63. The Morgan fingerprint density at radius 3 is 2.71 bits per heavy atom. The molecule has 1 aromatic rings. The zero-order valence-electron chi connectivity index (χ0n) is 11.8. The third-order valence-electron chi connectivity index (χ3n) is 2.94. The summed E-state index contributed by atoms with van der Waals surface area (Å²) in [5.41, 5.74) is 0. The molecule has 0 saturated heterocycles. The van der Waals surface area contributed by atoms with Gasteiger partial charge in [-0.1, -0.05) is 22.9 Å². The van der Waals surface area contributed by atoms with Crippen molar-refractivity contribution in [3.63, 3.8) is 0 Å². The van der Waals surface area contributed by atoms with E-state index in [9.17, 15) is 13.2 Å². The van der Waals surface area contributed by atoms with E-state index in [2.05, 4.69) is 20.7 Å². The quantitative estimate of drug-likeness (QED) is 0.675. The van der Waals surface area contributed by atoms with Gasteiger partial charge in [-0.2, -0.15) is 0 Å². The van der Waals surface area contributed by atoms with Gasteiger partial charge in [-0.25, -0.2) is 13.1 Å². The normalized spacial score (nSPS) is 12.9. The predicted molar refractivity (Wildman–Crippen MR) is 81.9 cm³/mol. The third-order valence-corrected chi connectivity index (χ3v) is 4.92. The maximum atomic E-state index is 12.2. The maximum absolute atomic E-state index is 12.2. The third kappa shape index (κ3) is 5.29. The van der Waals surface area contributed by atoms with Crippen molar-refractivity contribution < 1.29 is 23.1 Å². The highest BCUT2D eigenvalue weighted by Crippen LogP contribution is 2.27. The number of carbonyl (C=O) groups is 1. The number of halogens is 1. The van der Waals surface area contributed by atoms with Crippen molar-refractivity contribution in [3.05, 3.63) is 22.7 Å². The van der Waals surface area contributed by atoms with Gasteiger partial charge in [0.25, 0.3) is 0 Å². The van der Waals surface area contributed by atoms with Gasteiger partial charge in [0.2, 0.25) is 10.0 Å². The highest BCUT2D eigenvalue weighted by Gasteiger charge is 2.19. The summed E-state index contributed by atoms with van der Waals surface area (Å²) in [7, 11) is -2.30. The first-order valence-electron chi connectivity index (χ1n) is 6.34. The molecule has 21 heavy (non-hydrogen) atoms. The molecule has 0 aromatic heterocycles. The molecule has 6 nitrogen and oxygen atoms in total. The van der Waals surface area contributed by atoms with Gasteiger partial charge in [0, 0.05) is 11.0 Å². The van der Waals surface area contributed by atoms with Crippen molar-refractivity contribution in [2.24, 2.45) is 5.92 Å². The van der Waals surface area contributed by atoms with Crippen LogP contribution in [0.25, 0.3) is 0 Å². The highest BCUT2D eigenvalue weighted by atomic mass is 79.9. The lowest BCUT2D eigenvalue weighted by atomic mass is 10.1. The number of ether oxygens (including phenoxy) is 1. The smallest absolute Gasteiger partial charge is 0.306 e. The first kappa shape index (κ1) is 17.9. The van der Waals surface area contributed by atoms with E-state index in [1.165, 1.54) is 13.2 Å². The van der Waals surface area contributed by atoms with E-state index in [-0.39, 0.29) is 17.2 Å². The van der Waals surface area contributed by atoms with Crippen molar-refractivity contribution in [1.82, 2.24) is 4.72 Å². The van der Waals surface area contributed by atoms with Gasteiger partial charge in [0.05, 0.1) is 13.0 Å². The second-order valence-corrected chi connectivity index (χ2v) is 7.23. The molecule has 0 amide bonds. The number of benzene rings is 1. The number of hydrogen-bond donors (Lipinski definition) is 2.